The van der Waals surface area contributed by atoms with Crippen LogP contribution in [0, 0.1) is 16.0 Å². The van der Waals surface area contributed by atoms with E-state index in [-0.39, 0.29) is 12.3 Å². The second-order valence-corrected chi connectivity index (χ2v) is 4.78. The van der Waals surface area contributed by atoms with Crippen LogP contribution < -0.4 is 4.90 Å². The monoisotopic (exact) mass is 271 g/mol. The fourth-order valence-corrected chi connectivity index (χ4v) is 2.36. The van der Waals surface area contributed by atoms with Crippen molar-refractivity contribution in [3.05, 3.63) is 27.4 Å². The Morgan fingerprint density at radius 1 is 1.56 bits per heavy atom. The minimum Gasteiger partial charge on any atom is -0.396 e. The van der Waals surface area contributed by atoms with E-state index in [1.807, 2.05) is 4.90 Å². The summed E-state index contributed by atoms with van der Waals surface area (Å²) in [6.45, 7) is 1.72. The lowest BCUT2D eigenvalue weighted by molar-refractivity contribution is -0.385. The Morgan fingerprint density at radius 2 is 2.22 bits per heavy atom. The van der Waals surface area contributed by atoms with Gasteiger partial charge in [0, 0.05) is 25.8 Å². The van der Waals surface area contributed by atoms with Gasteiger partial charge in [-0.3, -0.25) is 10.1 Å². The summed E-state index contributed by atoms with van der Waals surface area (Å²) in [6.07, 6.45) is 2.98. The zero-order valence-electron chi connectivity index (χ0n) is 9.75. The van der Waals surface area contributed by atoms with E-state index in [9.17, 15) is 10.1 Å². The summed E-state index contributed by atoms with van der Waals surface area (Å²) in [4.78, 5) is 16.1. The van der Waals surface area contributed by atoms with Gasteiger partial charge >= 0.3 is 0 Å². The highest BCUT2D eigenvalue weighted by Gasteiger charge is 2.22. The number of rotatable bonds is 3. The van der Waals surface area contributed by atoms with Crippen LogP contribution in [0.5, 0.6) is 0 Å². The number of anilines is 1. The molecule has 1 saturated heterocycles. The molecule has 1 aliphatic heterocycles. The molecule has 1 aromatic heterocycles. The molecule has 6 nitrogen and oxygen atoms in total. The number of aliphatic hydroxyl groups is 1. The Hall–Kier alpha value is -1.40. The molecule has 7 heteroatoms. The molecule has 0 atom stereocenters. The predicted octanol–water partition coefficient (Wildman–Crippen LogP) is 1.85. The second kappa shape index (κ2) is 5.49. The Bertz CT molecular complexity index is 447. The maximum absolute atomic E-state index is 10.6. The van der Waals surface area contributed by atoms with Gasteiger partial charge in [-0.05, 0) is 18.8 Å². The first-order valence-corrected chi connectivity index (χ1v) is 6.15. The van der Waals surface area contributed by atoms with Crippen LogP contribution in [0.15, 0.2) is 12.3 Å². The number of aromatic nitrogens is 1. The van der Waals surface area contributed by atoms with Crippen LogP contribution in [0.4, 0.5) is 11.5 Å². The summed E-state index contributed by atoms with van der Waals surface area (Å²) in [5.74, 6) is 0.914. The largest absolute Gasteiger partial charge is 0.396 e. The maximum Gasteiger partial charge on any atom is 0.289 e. The number of halogens is 1. The van der Waals surface area contributed by atoms with Gasteiger partial charge in [-0.15, -0.1) is 0 Å². The zero-order valence-corrected chi connectivity index (χ0v) is 10.5. The SMILES string of the molecule is O=[N+]([O-])c1cnc(N2CCC(CO)CC2)c(Cl)c1. The van der Waals surface area contributed by atoms with E-state index in [0.29, 0.717) is 16.8 Å². The Morgan fingerprint density at radius 3 is 2.72 bits per heavy atom. The summed E-state index contributed by atoms with van der Waals surface area (Å²) < 4.78 is 0. The first-order valence-electron chi connectivity index (χ1n) is 5.77. The first-order chi connectivity index (χ1) is 8.61. The molecule has 1 fully saturated rings. The van der Waals surface area contributed by atoms with Gasteiger partial charge in [0.25, 0.3) is 5.69 Å². The molecule has 98 valence electrons. The second-order valence-electron chi connectivity index (χ2n) is 4.37. The van der Waals surface area contributed by atoms with Gasteiger partial charge in [0.15, 0.2) is 0 Å². The van der Waals surface area contributed by atoms with Crippen LogP contribution in [-0.4, -0.2) is 34.7 Å². The highest BCUT2D eigenvalue weighted by atomic mass is 35.5. The van der Waals surface area contributed by atoms with E-state index < -0.39 is 4.92 Å². The number of aliphatic hydroxyl groups excluding tert-OH is 1. The Kier molecular flexibility index (Phi) is 3.98. The van der Waals surface area contributed by atoms with Crippen molar-refractivity contribution in [3.8, 4) is 0 Å². The van der Waals surface area contributed by atoms with E-state index in [2.05, 4.69) is 4.98 Å². The van der Waals surface area contributed by atoms with Crippen LogP contribution in [0.3, 0.4) is 0 Å². The van der Waals surface area contributed by atoms with E-state index in [4.69, 9.17) is 16.7 Å². The average Bonchev–Trinajstić information content (AvgIpc) is 2.38. The van der Waals surface area contributed by atoms with Gasteiger partial charge in [-0.25, -0.2) is 4.98 Å². The minimum atomic E-state index is -0.513. The standard InChI is InChI=1S/C11H14ClN3O3/c12-10-5-9(15(17)18)6-13-11(10)14-3-1-8(7-16)2-4-14/h5-6,8,16H,1-4,7H2. The lowest BCUT2D eigenvalue weighted by Gasteiger charge is -2.32. The molecule has 2 heterocycles. The third kappa shape index (κ3) is 2.70. The van der Waals surface area contributed by atoms with Crippen molar-refractivity contribution in [1.29, 1.82) is 0 Å². The normalized spacial score (nSPS) is 16.9. The number of nitro groups is 1. The van der Waals surface area contributed by atoms with Crippen LogP contribution in [0.25, 0.3) is 0 Å². The van der Waals surface area contributed by atoms with Crippen molar-refractivity contribution in [2.24, 2.45) is 5.92 Å². The molecular weight excluding hydrogens is 258 g/mol. The number of pyridine rings is 1. The summed E-state index contributed by atoms with van der Waals surface area (Å²) >= 11 is 6.02. The third-order valence-electron chi connectivity index (χ3n) is 3.19. The van der Waals surface area contributed by atoms with Crippen molar-refractivity contribution < 1.29 is 10.0 Å². The molecule has 2 rings (SSSR count). The molecule has 1 N–H and O–H groups in total. The number of piperidine rings is 1. The Balaban J connectivity index is 2.12. The fraction of sp³-hybridized carbons (Fsp3) is 0.545. The van der Waals surface area contributed by atoms with Crippen molar-refractivity contribution in [2.45, 2.75) is 12.8 Å². The zero-order chi connectivity index (χ0) is 13.1. The molecule has 1 aliphatic rings. The van der Waals surface area contributed by atoms with Crippen molar-refractivity contribution in [3.63, 3.8) is 0 Å². The quantitative estimate of drug-likeness (QED) is 0.670. The summed E-state index contributed by atoms with van der Waals surface area (Å²) in [6, 6.07) is 1.32. The molecular formula is C11H14ClN3O3. The fourth-order valence-electron chi connectivity index (χ4n) is 2.08. The number of nitrogens with zero attached hydrogens (tertiary/aromatic N) is 3. The van der Waals surface area contributed by atoms with Crippen LogP contribution >= 0.6 is 11.6 Å². The molecule has 18 heavy (non-hydrogen) atoms. The lowest BCUT2D eigenvalue weighted by Crippen LogP contribution is -2.35. The molecule has 0 saturated carbocycles. The van der Waals surface area contributed by atoms with E-state index in [1.54, 1.807) is 0 Å². The van der Waals surface area contributed by atoms with Gasteiger partial charge < -0.3 is 10.0 Å². The number of hydrogen-bond acceptors (Lipinski definition) is 5. The molecule has 0 aromatic carbocycles. The number of hydrogen-bond donors (Lipinski definition) is 1. The van der Waals surface area contributed by atoms with Crippen LogP contribution in [0.2, 0.25) is 5.02 Å². The van der Waals surface area contributed by atoms with Crippen molar-refractivity contribution in [1.82, 2.24) is 4.98 Å². The average molecular weight is 272 g/mol. The maximum atomic E-state index is 10.6. The molecule has 0 spiro atoms. The lowest BCUT2D eigenvalue weighted by atomic mass is 9.98. The van der Waals surface area contributed by atoms with E-state index in [0.717, 1.165) is 25.9 Å². The van der Waals surface area contributed by atoms with Gasteiger partial charge in [-0.2, -0.15) is 0 Å². The van der Waals surface area contributed by atoms with E-state index >= 15 is 0 Å². The summed E-state index contributed by atoms with van der Waals surface area (Å²) in [5, 5.41) is 20.0. The topological polar surface area (TPSA) is 79.5 Å². The molecule has 0 aliphatic carbocycles. The predicted molar refractivity (Wildman–Crippen MR) is 67.9 cm³/mol. The van der Waals surface area contributed by atoms with Crippen molar-refractivity contribution in [2.75, 3.05) is 24.6 Å². The minimum absolute atomic E-state index is 0.103. The van der Waals surface area contributed by atoms with Crippen LogP contribution in [0.1, 0.15) is 12.8 Å². The third-order valence-corrected chi connectivity index (χ3v) is 3.47. The Labute approximate surface area is 109 Å². The first kappa shape index (κ1) is 13.0. The van der Waals surface area contributed by atoms with Gasteiger partial charge in [0.05, 0.1) is 9.95 Å². The molecule has 0 amide bonds. The smallest absolute Gasteiger partial charge is 0.289 e. The van der Waals surface area contributed by atoms with Crippen LogP contribution in [-0.2, 0) is 0 Å². The van der Waals surface area contributed by atoms with Crippen molar-refractivity contribution >= 4 is 23.1 Å². The molecule has 0 bridgehead atoms. The summed E-state index contributed by atoms with van der Waals surface area (Å²) in [7, 11) is 0. The molecule has 1 aromatic rings. The van der Waals surface area contributed by atoms with Gasteiger partial charge in [-0.1, -0.05) is 11.6 Å². The van der Waals surface area contributed by atoms with Gasteiger partial charge in [0.1, 0.15) is 12.0 Å². The molecule has 0 unspecified atom stereocenters. The molecule has 0 radical (unpaired) electrons. The summed E-state index contributed by atoms with van der Waals surface area (Å²) in [5.41, 5.74) is -0.103. The highest BCUT2D eigenvalue weighted by molar-refractivity contribution is 6.33. The highest BCUT2D eigenvalue weighted by Crippen LogP contribution is 2.29. The van der Waals surface area contributed by atoms with Gasteiger partial charge in [0.2, 0.25) is 0 Å². The van der Waals surface area contributed by atoms with E-state index in [1.165, 1.54) is 12.3 Å².